The van der Waals surface area contributed by atoms with Crippen LogP contribution in [0, 0.1) is 0 Å². The number of halogens is 4. The van der Waals surface area contributed by atoms with E-state index in [9.17, 15) is 22.7 Å². The molecule has 0 bridgehead atoms. The third kappa shape index (κ3) is 7.35. The highest BCUT2D eigenvalue weighted by Gasteiger charge is 2.31. The molecule has 32 heavy (non-hydrogen) atoms. The fourth-order valence-corrected chi connectivity index (χ4v) is 2.92. The van der Waals surface area contributed by atoms with E-state index < -0.39 is 23.7 Å². The van der Waals surface area contributed by atoms with Crippen molar-refractivity contribution in [3.05, 3.63) is 65.0 Å². The summed E-state index contributed by atoms with van der Waals surface area (Å²) in [6.45, 7) is 8.14. The molecule has 0 saturated heterocycles. The first-order chi connectivity index (χ1) is 15.2. The third-order valence-corrected chi connectivity index (χ3v) is 4.57. The largest absolute Gasteiger partial charge is 0.507 e. The molecule has 3 N–H and O–H groups in total. The second-order valence-corrected chi connectivity index (χ2v) is 6.79. The van der Waals surface area contributed by atoms with Crippen LogP contribution in [0.25, 0.3) is 5.70 Å². The minimum absolute atomic E-state index is 0.216. The van der Waals surface area contributed by atoms with Gasteiger partial charge in [-0.15, -0.1) is 0 Å². The molecule has 1 aromatic carbocycles. The van der Waals surface area contributed by atoms with Crippen LogP contribution in [0.3, 0.4) is 0 Å². The predicted octanol–water partition coefficient (Wildman–Crippen LogP) is 6.52. The van der Waals surface area contributed by atoms with E-state index in [4.69, 9.17) is 5.73 Å². The summed E-state index contributed by atoms with van der Waals surface area (Å²) < 4.78 is 50.3. The normalized spacial score (nSPS) is 13.8. The Morgan fingerprint density at radius 2 is 1.78 bits per heavy atom. The van der Waals surface area contributed by atoms with Gasteiger partial charge in [-0.3, -0.25) is 9.98 Å². The Morgan fingerprint density at radius 3 is 2.31 bits per heavy atom. The van der Waals surface area contributed by atoms with E-state index in [1.165, 1.54) is 12.3 Å². The summed E-state index contributed by atoms with van der Waals surface area (Å²) in [6.07, 6.45) is 2.09. The predicted molar refractivity (Wildman–Crippen MR) is 121 cm³/mol. The SMILES string of the molecule is CC.CCCC(F)CC.NC1=CCN=C(c2ccc(C(F)(F)F)cc2O)c2ccncc21. The van der Waals surface area contributed by atoms with Gasteiger partial charge >= 0.3 is 6.18 Å². The van der Waals surface area contributed by atoms with E-state index >= 15 is 0 Å². The van der Waals surface area contributed by atoms with Crippen LogP contribution in [-0.4, -0.2) is 28.5 Å². The van der Waals surface area contributed by atoms with Crippen molar-refractivity contribution in [2.75, 3.05) is 6.54 Å². The molecule has 1 aromatic heterocycles. The van der Waals surface area contributed by atoms with Crippen molar-refractivity contribution in [3.8, 4) is 5.75 Å². The molecule has 1 aliphatic rings. The second-order valence-electron chi connectivity index (χ2n) is 6.79. The van der Waals surface area contributed by atoms with Crippen molar-refractivity contribution in [2.45, 2.75) is 59.3 Å². The topological polar surface area (TPSA) is 71.5 Å². The number of benzene rings is 1. The molecule has 0 amide bonds. The lowest BCUT2D eigenvalue weighted by Gasteiger charge is -2.13. The molecule has 176 valence electrons. The van der Waals surface area contributed by atoms with Crippen LogP contribution in [0.2, 0.25) is 0 Å². The van der Waals surface area contributed by atoms with Crippen LogP contribution in [-0.2, 0) is 6.18 Å². The smallest absolute Gasteiger partial charge is 0.416 e. The number of hydrogen-bond donors (Lipinski definition) is 2. The lowest BCUT2D eigenvalue weighted by molar-refractivity contribution is -0.137. The number of aromatic hydroxyl groups is 1. The molecule has 0 aliphatic carbocycles. The van der Waals surface area contributed by atoms with Gasteiger partial charge in [0.05, 0.1) is 24.0 Å². The number of pyridine rings is 1. The number of nitrogens with two attached hydrogens (primary N) is 1. The molecular formula is C24H31F4N3O. The maximum atomic E-state index is 12.7. The fourth-order valence-electron chi connectivity index (χ4n) is 2.92. The zero-order valence-corrected chi connectivity index (χ0v) is 18.9. The highest BCUT2D eigenvalue weighted by molar-refractivity contribution is 6.16. The number of hydrogen-bond acceptors (Lipinski definition) is 4. The first-order valence-electron chi connectivity index (χ1n) is 10.7. The monoisotopic (exact) mass is 453 g/mol. The lowest BCUT2D eigenvalue weighted by atomic mass is 9.96. The number of rotatable bonds is 4. The third-order valence-electron chi connectivity index (χ3n) is 4.57. The summed E-state index contributed by atoms with van der Waals surface area (Å²) in [5.74, 6) is -0.484. The summed E-state index contributed by atoms with van der Waals surface area (Å²) in [5.41, 5.74) is 7.35. The summed E-state index contributed by atoms with van der Waals surface area (Å²) in [5, 5.41) is 10.0. The minimum atomic E-state index is -4.52. The van der Waals surface area contributed by atoms with Crippen LogP contribution in [0.4, 0.5) is 17.6 Å². The molecule has 0 fully saturated rings. The van der Waals surface area contributed by atoms with Crippen LogP contribution < -0.4 is 5.73 Å². The van der Waals surface area contributed by atoms with E-state index in [1.807, 2.05) is 27.7 Å². The summed E-state index contributed by atoms with van der Waals surface area (Å²) in [7, 11) is 0. The Hall–Kier alpha value is -2.90. The first-order valence-corrected chi connectivity index (χ1v) is 10.7. The number of aromatic nitrogens is 1. The Morgan fingerprint density at radius 1 is 1.09 bits per heavy atom. The van der Waals surface area contributed by atoms with Gasteiger partial charge in [0.1, 0.15) is 5.75 Å². The highest BCUT2D eigenvalue weighted by atomic mass is 19.4. The van der Waals surface area contributed by atoms with Gasteiger partial charge in [0, 0.05) is 34.8 Å². The molecule has 0 saturated carbocycles. The van der Waals surface area contributed by atoms with Crippen LogP contribution in [0.5, 0.6) is 5.75 Å². The number of phenolic OH excluding ortho intramolecular Hbond substituents is 1. The van der Waals surface area contributed by atoms with Gasteiger partial charge in [0.25, 0.3) is 0 Å². The average molecular weight is 454 g/mol. The first kappa shape index (κ1) is 27.1. The maximum Gasteiger partial charge on any atom is 0.416 e. The Labute approximate surface area is 186 Å². The molecule has 1 unspecified atom stereocenters. The molecule has 1 aliphatic heterocycles. The van der Waals surface area contributed by atoms with Gasteiger partial charge in [-0.05, 0) is 43.2 Å². The van der Waals surface area contributed by atoms with Crippen molar-refractivity contribution in [1.82, 2.24) is 4.98 Å². The van der Waals surface area contributed by atoms with Gasteiger partial charge in [0.15, 0.2) is 0 Å². The van der Waals surface area contributed by atoms with Gasteiger partial charge < -0.3 is 10.8 Å². The molecule has 8 heteroatoms. The summed E-state index contributed by atoms with van der Waals surface area (Å²) in [4.78, 5) is 8.33. The Bertz CT molecular complexity index is 924. The van der Waals surface area contributed by atoms with E-state index in [-0.39, 0.29) is 12.1 Å². The van der Waals surface area contributed by atoms with Crippen molar-refractivity contribution in [1.29, 1.82) is 0 Å². The lowest BCUT2D eigenvalue weighted by Crippen LogP contribution is -2.10. The van der Waals surface area contributed by atoms with Crippen LogP contribution in [0.1, 0.15) is 69.2 Å². The number of aliphatic imine (C=N–C) groups is 1. The Kier molecular flexibility index (Phi) is 10.9. The maximum absolute atomic E-state index is 12.7. The Balaban J connectivity index is 0.000000488. The molecule has 2 aromatic rings. The van der Waals surface area contributed by atoms with Crippen LogP contribution in [0.15, 0.2) is 47.7 Å². The molecule has 1 atom stereocenters. The quantitative estimate of drug-likeness (QED) is 0.518. The van der Waals surface area contributed by atoms with E-state index in [0.29, 0.717) is 35.0 Å². The number of phenols is 1. The van der Waals surface area contributed by atoms with Crippen molar-refractivity contribution < 1.29 is 22.7 Å². The van der Waals surface area contributed by atoms with Gasteiger partial charge in [0.2, 0.25) is 0 Å². The van der Waals surface area contributed by atoms with E-state index in [2.05, 4.69) is 9.98 Å². The van der Waals surface area contributed by atoms with Crippen molar-refractivity contribution >= 4 is 11.4 Å². The standard InChI is InChI=1S/C16H12F3N3O.C6H13F.C2H6/c17-16(18,19)9-1-2-11(14(23)7-9)15-10-3-5-21-8-12(10)13(20)4-6-22-15;1-3-5-6(7)4-2;1-2/h1-5,7-8,23H,6,20H2;6H,3-5H2,1-2H3;1-2H3. The van der Waals surface area contributed by atoms with E-state index in [1.54, 1.807) is 18.3 Å². The van der Waals surface area contributed by atoms with Gasteiger partial charge in [-0.1, -0.05) is 34.1 Å². The van der Waals surface area contributed by atoms with Gasteiger partial charge in [-0.2, -0.15) is 13.2 Å². The number of nitrogens with zero attached hydrogens (tertiary/aromatic N) is 2. The molecular weight excluding hydrogens is 422 g/mol. The molecule has 4 nitrogen and oxygen atoms in total. The number of alkyl halides is 4. The minimum Gasteiger partial charge on any atom is -0.507 e. The zero-order chi connectivity index (χ0) is 24.3. The van der Waals surface area contributed by atoms with Crippen molar-refractivity contribution in [3.63, 3.8) is 0 Å². The zero-order valence-electron chi connectivity index (χ0n) is 18.9. The van der Waals surface area contributed by atoms with Crippen molar-refractivity contribution in [2.24, 2.45) is 10.7 Å². The average Bonchev–Trinajstić information content (AvgIpc) is 2.94. The van der Waals surface area contributed by atoms with Gasteiger partial charge in [-0.25, -0.2) is 4.39 Å². The molecule has 3 rings (SSSR count). The summed E-state index contributed by atoms with van der Waals surface area (Å²) >= 11 is 0. The van der Waals surface area contributed by atoms with E-state index in [0.717, 1.165) is 18.9 Å². The molecule has 2 heterocycles. The fraction of sp³-hybridized carbons (Fsp3) is 0.417. The second kappa shape index (κ2) is 12.8. The molecule has 0 radical (unpaired) electrons. The number of fused-ring (bicyclic) bond motifs is 1. The van der Waals surface area contributed by atoms with Crippen LogP contribution >= 0.6 is 0 Å². The highest BCUT2D eigenvalue weighted by Crippen LogP contribution is 2.34. The summed E-state index contributed by atoms with van der Waals surface area (Å²) in [6, 6.07) is 4.49. The molecule has 0 spiro atoms.